The molecule has 1 rings (SSSR count). The number of pyridine rings is 1. The number of nitriles is 1. The van der Waals surface area contributed by atoms with Crippen LogP contribution in [-0.4, -0.2) is 10.1 Å². The number of aliphatic hydroxyl groups is 1. The van der Waals surface area contributed by atoms with E-state index in [0.29, 0.717) is 11.3 Å². The number of rotatable bonds is 1. The highest BCUT2D eigenvalue weighted by molar-refractivity contribution is 5.25. The van der Waals surface area contributed by atoms with Gasteiger partial charge in [-0.05, 0) is 12.1 Å². The quantitative estimate of drug-likeness (QED) is 0.683. The summed E-state index contributed by atoms with van der Waals surface area (Å²) < 4.78 is 0. The van der Waals surface area contributed by atoms with Crippen LogP contribution < -0.4 is 0 Å². The SMILES string of the molecule is CC.N#Cc1ccc(CO)nc1. The number of nitrogens with zero attached hydrogens (tertiary/aromatic N) is 2. The Morgan fingerprint density at radius 1 is 1.50 bits per heavy atom. The zero-order chi connectivity index (χ0) is 9.40. The molecule has 1 N–H and O–H groups in total. The number of hydrogen-bond acceptors (Lipinski definition) is 3. The average molecular weight is 164 g/mol. The molecule has 0 atom stereocenters. The van der Waals surface area contributed by atoms with Crippen molar-refractivity contribution in [2.45, 2.75) is 20.5 Å². The van der Waals surface area contributed by atoms with Gasteiger partial charge in [0, 0.05) is 6.20 Å². The van der Waals surface area contributed by atoms with Crippen molar-refractivity contribution in [1.82, 2.24) is 4.98 Å². The maximum absolute atomic E-state index is 8.56. The fourth-order valence-corrected chi connectivity index (χ4v) is 0.584. The number of aromatic nitrogens is 1. The summed E-state index contributed by atoms with van der Waals surface area (Å²) in [4.78, 5) is 3.80. The van der Waals surface area contributed by atoms with E-state index in [9.17, 15) is 0 Å². The largest absolute Gasteiger partial charge is 0.390 e. The third-order valence-electron chi connectivity index (χ3n) is 1.12. The van der Waals surface area contributed by atoms with E-state index in [4.69, 9.17) is 10.4 Å². The van der Waals surface area contributed by atoms with Crippen molar-refractivity contribution >= 4 is 0 Å². The average Bonchev–Trinajstić information content (AvgIpc) is 2.21. The molecule has 64 valence electrons. The van der Waals surface area contributed by atoms with Crippen molar-refractivity contribution in [3.63, 3.8) is 0 Å². The third kappa shape index (κ3) is 3.13. The predicted octanol–water partition coefficient (Wildman–Crippen LogP) is 1.47. The fraction of sp³-hybridized carbons (Fsp3) is 0.333. The summed E-state index contributed by atoms with van der Waals surface area (Å²) in [5, 5.41) is 16.9. The van der Waals surface area contributed by atoms with Crippen LogP contribution in [0.4, 0.5) is 0 Å². The molecule has 0 amide bonds. The van der Waals surface area contributed by atoms with Crippen molar-refractivity contribution < 1.29 is 5.11 Å². The lowest BCUT2D eigenvalue weighted by atomic mass is 10.3. The lowest BCUT2D eigenvalue weighted by Gasteiger charge is -1.91. The second-order valence-electron chi connectivity index (χ2n) is 1.81. The van der Waals surface area contributed by atoms with Crippen LogP contribution in [0, 0.1) is 11.3 Å². The second kappa shape index (κ2) is 6.32. The Kier molecular flexibility index (Phi) is 5.58. The molecule has 0 radical (unpaired) electrons. The number of aliphatic hydroxyl groups excluding tert-OH is 1. The molecule has 12 heavy (non-hydrogen) atoms. The van der Waals surface area contributed by atoms with Crippen LogP contribution in [0.5, 0.6) is 0 Å². The highest BCUT2D eigenvalue weighted by atomic mass is 16.3. The summed E-state index contributed by atoms with van der Waals surface area (Å²) in [6.45, 7) is 3.92. The summed E-state index contributed by atoms with van der Waals surface area (Å²) in [6, 6.07) is 5.18. The van der Waals surface area contributed by atoms with Gasteiger partial charge in [-0.1, -0.05) is 13.8 Å². The Morgan fingerprint density at radius 2 is 2.17 bits per heavy atom. The van der Waals surface area contributed by atoms with E-state index in [2.05, 4.69) is 4.98 Å². The minimum atomic E-state index is -0.0777. The number of hydrogen-bond donors (Lipinski definition) is 1. The molecule has 0 aromatic carbocycles. The normalized spacial score (nSPS) is 7.83. The van der Waals surface area contributed by atoms with Crippen LogP contribution in [0.2, 0.25) is 0 Å². The predicted molar refractivity (Wildman–Crippen MR) is 46.2 cm³/mol. The van der Waals surface area contributed by atoms with Crippen LogP contribution in [0.25, 0.3) is 0 Å². The summed E-state index contributed by atoms with van der Waals surface area (Å²) in [7, 11) is 0. The Morgan fingerprint density at radius 3 is 2.50 bits per heavy atom. The van der Waals surface area contributed by atoms with Gasteiger partial charge in [0.2, 0.25) is 0 Å². The first-order chi connectivity index (χ1) is 5.86. The van der Waals surface area contributed by atoms with Crippen molar-refractivity contribution in [1.29, 1.82) is 5.26 Å². The second-order valence-corrected chi connectivity index (χ2v) is 1.81. The molecule has 0 bridgehead atoms. The molecule has 0 saturated carbocycles. The molecule has 0 fully saturated rings. The molecule has 0 aliphatic heterocycles. The molecule has 0 aliphatic rings. The molecule has 3 heteroatoms. The molecule has 1 aromatic rings. The van der Waals surface area contributed by atoms with Crippen LogP contribution in [0.1, 0.15) is 25.1 Å². The van der Waals surface area contributed by atoms with E-state index in [1.165, 1.54) is 6.20 Å². The van der Waals surface area contributed by atoms with Crippen LogP contribution in [0.3, 0.4) is 0 Å². The molecule has 0 aliphatic carbocycles. The van der Waals surface area contributed by atoms with E-state index in [-0.39, 0.29) is 6.61 Å². The Labute approximate surface area is 72.3 Å². The smallest absolute Gasteiger partial charge is 0.101 e. The maximum atomic E-state index is 8.56. The van der Waals surface area contributed by atoms with Gasteiger partial charge in [0.15, 0.2) is 0 Å². The molecular weight excluding hydrogens is 152 g/mol. The van der Waals surface area contributed by atoms with E-state index in [1.54, 1.807) is 12.1 Å². The lowest BCUT2D eigenvalue weighted by molar-refractivity contribution is 0.277. The van der Waals surface area contributed by atoms with Gasteiger partial charge < -0.3 is 5.11 Å². The zero-order valence-corrected chi connectivity index (χ0v) is 7.28. The van der Waals surface area contributed by atoms with Crippen molar-refractivity contribution in [3.05, 3.63) is 29.6 Å². The molecule has 0 spiro atoms. The molecule has 0 unspecified atom stereocenters. The highest BCUT2D eigenvalue weighted by Gasteiger charge is 1.90. The monoisotopic (exact) mass is 164 g/mol. The van der Waals surface area contributed by atoms with Gasteiger partial charge in [0.1, 0.15) is 6.07 Å². The minimum Gasteiger partial charge on any atom is -0.390 e. The molecule has 3 nitrogen and oxygen atoms in total. The van der Waals surface area contributed by atoms with E-state index in [0.717, 1.165) is 0 Å². The topological polar surface area (TPSA) is 56.9 Å². The first-order valence-electron chi connectivity index (χ1n) is 3.82. The van der Waals surface area contributed by atoms with Crippen LogP contribution in [-0.2, 0) is 6.61 Å². The van der Waals surface area contributed by atoms with Crippen LogP contribution in [0.15, 0.2) is 18.3 Å². The van der Waals surface area contributed by atoms with Crippen molar-refractivity contribution in [2.75, 3.05) is 0 Å². The molecule has 1 heterocycles. The lowest BCUT2D eigenvalue weighted by Crippen LogP contribution is -1.87. The first kappa shape index (κ1) is 10.6. The van der Waals surface area contributed by atoms with Crippen molar-refractivity contribution in [3.8, 4) is 6.07 Å². The van der Waals surface area contributed by atoms with Crippen molar-refractivity contribution in [2.24, 2.45) is 0 Å². The summed E-state index contributed by atoms with van der Waals surface area (Å²) >= 11 is 0. The van der Waals surface area contributed by atoms with Crippen LogP contribution >= 0.6 is 0 Å². The zero-order valence-electron chi connectivity index (χ0n) is 7.28. The third-order valence-corrected chi connectivity index (χ3v) is 1.12. The fourth-order valence-electron chi connectivity index (χ4n) is 0.584. The van der Waals surface area contributed by atoms with Gasteiger partial charge in [-0.15, -0.1) is 0 Å². The van der Waals surface area contributed by atoms with Gasteiger partial charge in [-0.25, -0.2) is 0 Å². The Balaban J connectivity index is 0.000000561. The summed E-state index contributed by atoms with van der Waals surface area (Å²) in [5.74, 6) is 0. The Bertz CT molecular complexity index is 248. The standard InChI is InChI=1S/C7H6N2O.C2H6/c8-3-6-1-2-7(5-10)9-4-6;1-2/h1-2,4,10H,5H2;1-2H3. The molecular formula is C9H12N2O. The van der Waals surface area contributed by atoms with Gasteiger partial charge >= 0.3 is 0 Å². The Hall–Kier alpha value is -1.40. The molecule has 0 saturated heterocycles. The van der Waals surface area contributed by atoms with Gasteiger partial charge in [-0.2, -0.15) is 5.26 Å². The van der Waals surface area contributed by atoms with E-state index < -0.39 is 0 Å². The summed E-state index contributed by atoms with van der Waals surface area (Å²) in [5.41, 5.74) is 1.09. The maximum Gasteiger partial charge on any atom is 0.101 e. The summed E-state index contributed by atoms with van der Waals surface area (Å²) in [6.07, 6.45) is 1.44. The van der Waals surface area contributed by atoms with E-state index >= 15 is 0 Å². The first-order valence-corrected chi connectivity index (χ1v) is 3.82. The van der Waals surface area contributed by atoms with E-state index in [1.807, 2.05) is 19.9 Å². The highest BCUT2D eigenvalue weighted by Crippen LogP contribution is 1.97. The molecule has 1 aromatic heterocycles. The van der Waals surface area contributed by atoms with Gasteiger partial charge in [0.05, 0.1) is 17.9 Å². The van der Waals surface area contributed by atoms with Gasteiger partial charge in [0.25, 0.3) is 0 Å². The minimum absolute atomic E-state index is 0.0777. The van der Waals surface area contributed by atoms with Gasteiger partial charge in [-0.3, -0.25) is 4.98 Å².